The highest BCUT2D eigenvalue weighted by Crippen LogP contribution is 2.39. The zero-order valence-electron chi connectivity index (χ0n) is 12.0. The molecule has 0 aromatic heterocycles. The molecule has 1 aliphatic carbocycles. The van der Waals surface area contributed by atoms with Gasteiger partial charge in [-0.15, -0.1) is 0 Å². The molecule has 20 heavy (non-hydrogen) atoms. The molecule has 2 heterocycles. The Balaban J connectivity index is 1.46. The molecule has 108 valence electrons. The van der Waals surface area contributed by atoms with E-state index >= 15 is 0 Å². The number of anilines is 1. The van der Waals surface area contributed by atoms with E-state index in [-0.39, 0.29) is 5.60 Å². The largest absolute Gasteiger partial charge is 0.382 e. The molecule has 2 aliphatic heterocycles. The fourth-order valence-electron chi connectivity index (χ4n) is 3.91. The van der Waals surface area contributed by atoms with Gasteiger partial charge in [-0.2, -0.15) is 11.8 Å². The van der Waals surface area contributed by atoms with Crippen LogP contribution in [0, 0.1) is 0 Å². The van der Waals surface area contributed by atoms with Gasteiger partial charge in [-0.3, -0.25) is 0 Å². The Morgan fingerprint density at radius 1 is 1.25 bits per heavy atom. The van der Waals surface area contributed by atoms with Gasteiger partial charge in [0.2, 0.25) is 0 Å². The molecule has 2 saturated heterocycles. The third-order valence-electron chi connectivity index (χ3n) is 5.03. The van der Waals surface area contributed by atoms with Crippen LogP contribution >= 0.6 is 11.8 Å². The van der Waals surface area contributed by atoms with Crippen LogP contribution in [0.3, 0.4) is 0 Å². The van der Waals surface area contributed by atoms with E-state index in [9.17, 15) is 0 Å². The molecule has 1 spiro atoms. The van der Waals surface area contributed by atoms with Crippen LogP contribution in [0.2, 0.25) is 0 Å². The minimum absolute atomic E-state index is 0.178. The maximum absolute atomic E-state index is 6.11. The molecule has 3 heteroatoms. The number of hydrogen-bond donors (Lipinski definition) is 1. The molecular weight excluding hydrogens is 266 g/mol. The van der Waals surface area contributed by atoms with Gasteiger partial charge in [-0.05, 0) is 67.5 Å². The lowest BCUT2D eigenvalue weighted by Gasteiger charge is -2.38. The Morgan fingerprint density at radius 2 is 2.20 bits per heavy atom. The minimum atomic E-state index is 0.178. The number of thioether (sulfide) groups is 1. The quantitative estimate of drug-likeness (QED) is 0.898. The van der Waals surface area contributed by atoms with Gasteiger partial charge in [-0.1, -0.05) is 6.07 Å². The Kier molecular flexibility index (Phi) is 3.43. The predicted molar refractivity (Wildman–Crippen MR) is 85.7 cm³/mol. The normalized spacial score (nSPS) is 32.5. The fraction of sp³-hybridized carbons (Fsp3) is 0.647. The lowest BCUT2D eigenvalue weighted by molar-refractivity contribution is -0.0628. The van der Waals surface area contributed by atoms with Crippen molar-refractivity contribution in [3.8, 4) is 0 Å². The molecule has 0 radical (unpaired) electrons. The summed E-state index contributed by atoms with van der Waals surface area (Å²) in [4.78, 5) is 0. The van der Waals surface area contributed by atoms with E-state index in [4.69, 9.17) is 4.74 Å². The summed E-state index contributed by atoms with van der Waals surface area (Å²) in [5.74, 6) is 2.46. The highest BCUT2D eigenvalue weighted by atomic mass is 32.2. The number of nitrogens with one attached hydrogen (secondary N) is 1. The molecule has 1 aromatic carbocycles. The van der Waals surface area contributed by atoms with Gasteiger partial charge >= 0.3 is 0 Å². The van der Waals surface area contributed by atoms with Crippen molar-refractivity contribution in [2.24, 2.45) is 0 Å². The summed E-state index contributed by atoms with van der Waals surface area (Å²) in [6.07, 6.45) is 7.42. The first-order valence-corrected chi connectivity index (χ1v) is 9.09. The van der Waals surface area contributed by atoms with Gasteiger partial charge in [0, 0.05) is 24.1 Å². The maximum Gasteiger partial charge on any atom is 0.0799 e. The second-order valence-corrected chi connectivity index (χ2v) is 7.61. The zero-order chi connectivity index (χ0) is 13.4. The number of fused-ring (bicyclic) bond motifs is 1. The van der Waals surface area contributed by atoms with Crippen LogP contribution in [0.1, 0.15) is 36.8 Å². The first-order chi connectivity index (χ1) is 9.83. The monoisotopic (exact) mass is 289 g/mol. The second kappa shape index (κ2) is 5.27. The van der Waals surface area contributed by atoms with Crippen LogP contribution in [-0.4, -0.2) is 29.8 Å². The Hall–Kier alpha value is -0.670. The van der Waals surface area contributed by atoms with E-state index in [0.717, 1.165) is 13.0 Å². The molecule has 2 fully saturated rings. The van der Waals surface area contributed by atoms with E-state index in [0.29, 0.717) is 6.04 Å². The number of hydrogen-bond acceptors (Lipinski definition) is 3. The van der Waals surface area contributed by atoms with Gasteiger partial charge < -0.3 is 10.1 Å². The van der Waals surface area contributed by atoms with Crippen LogP contribution in [-0.2, 0) is 17.6 Å². The summed E-state index contributed by atoms with van der Waals surface area (Å²) in [6, 6.07) is 7.57. The maximum atomic E-state index is 6.11. The Morgan fingerprint density at radius 3 is 3.10 bits per heavy atom. The van der Waals surface area contributed by atoms with Gasteiger partial charge in [0.15, 0.2) is 0 Å². The minimum Gasteiger partial charge on any atom is -0.382 e. The summed E-state index contributed by atoms with van der Waals surface area (Å²) in [6.45, 7) is 0.920. The molecule has 0 amide bonds. The van der Waals surface area contributed by atoms with Gasteiger partial charge in [-0.25, -0.2) is 0 Å². The molecule has 1 aromatic rings. The van der Waals surface area contributed by atoms with Crippen molar-refractivity contribution in [3.05, 3.63) is 29.3 Å². The van der Waals surface area contributed by atoms with Crippen molar-refractivity contribution in [2.75, 3.05) is 23.4 Å². The molecule has 1 N–H and O–H groups in total. The summed E-state index contributed by atoms with van der Waals surface area (Å²) >= 11 is 2.05. The number of aryl methyl sites for hydroxylation is 2. The highest BCUT2D eigenvalue weighted by molar-refractivity contribution is 7.99. The van der Waals surface area contributed by atoms with Crippen LogP contribution in [0.5, 0.6) is 0 Å². The van der Waals surface area contributed by atoms with Crippen molar-refractivity contribution in [1.82, 2.24) is 0 Å². The van der Waals surface area contributed by atoms with Crippen molar-refractivity contribution >= 4 is 17.4 Å². The van der Waals surface area contributed by atoms with Crippen molar-refractivity contribution in [3.63, 3.8) is 0 Å². The smallest absolute Gasteiger partial charge is 0.0799 e. The van der Waals surface area contributed by atoms with Crippen LogP contribution in [0.15, 0.2) is 18.2 Å². The standard InChI is InChI=1S/C17H23NOS/c1-2-13-4-5-15(10-14(13)3-1)18-16-6-8-19-17(11-16)7-9-20-12-17/h4-5,10,16,18H,1-3,6-9,11-12H2. The molecule has 0 saturated carbocycles. The first-order valence-electron chi connectivity index (χ1n) is 7.93. The van der Waals surface area contributed by atoms with E-state index in [2.05, 4.69) is 35.3 Å². The van der Waals surface area contributed by atoms with Gasteiger partial charge in [0.1, 0.15) is 0 Å². The summed E-state index contributed by atoms with van der Waals surface area (Å²) in [5.41, 5.74) is 4.62. The molecule has 2 unspecified atom stereocenters. The number of rotatable bonds is 2. The van der Waals surface area contributed by atoms with E-state index in [1.165, 1.54) is 49.3 Å². The molecular formula is C17H23NOS. The summed E-state index contributed by atoms with van der Waals surface area (Å²) < 4.78 is 6.11. The van der Waals surface area contributed by atoms with Crippen LogP contribution < -0.4 is 5.32 Å². The topological polar surface area (TPSA) is 21.3 Å². The first kappa shape index (κ1) is 13.0. The average molecular weight is 289 g/mol. The van der Waals surface area contributed by atoms with Crippen molar-refractivity contribution < 1.29 is 4.74 Å². The van der Waals surface area contributed by atoms with E-state index < -0.39 is 0 Å². The van der Waals surface area contributed by atoms with Crippen LogP contribution in [0.25, 0.3) is 0 Å². The lowest BCUT2D eigenvalue weighted by Crippen LogP contribution is -2.44. The Labute approximate surface area is 125 Å². The second-order valence-electron chi connectivity index (χ2n) is 6.51. The fourth-order valence-corrected chi connectivity index (χ4v) is 5.29. The lowest BCUT2D eigenvalue weighted by atomic mass is 9.89. The van der Waals surface area contributed by atoms with Crippen molar-refractivity contribution in [2.45, 2.75) is 50.2 Å². The Bertz CT molecular complexity index is 496. The summed E-state index contributed by atoms with van der Waals surface area (Å²) in [7, 11) is 0. The highest BCUT2D eigenvalue weighted by Gasteiger charge is 2.40. The molecule has 0 bridgehead atoms. The van der Waals surface area contributed by atoms with Crippen LogP contribution in [0.4, 0.5) is 5.69 Å². The molecule has 2 nitrogen and oxygen atoms in total. The molecule has 2 atom stereocenters. The average Bonchev–Trinajstić information content (AvgIpc) is 3.08. The SMILES string of the molecule is c1cc2c(cc1NC1CCOC3(CCSC3)C1)CCC2. The zero-order valence-corrected chi connectivity index (χ0v) is 12.8. The molecule has 4 rings (SSSR count). The van der Waals surface area contributed by atoms with Gasteiger partial charge in [0.25, 0.3) is 0 Å². The van der Waals surface area contributed by atoms with Crippen molar-refractivity contribution in [1.29, 1.82) is 0 Å². The van der Waals surface area contributed by atoms with E-state index in [1.807, 2.05) is 0 Å². The molecule has 3 aliphatic rings. The third-order valence-corrected chi connectivity index (χ3v) is 6.25. The number of benzene rings is 1. The summed E-state index contributed by atoms with van der Waals surface area (Å²) in [5, 5.41) is 3.77. The predicted octanol–water partition coefficient (Wildman–Crippen LogP) is 3.64. The number of ether oxygens (including phenoxy) is 1. The van der Waals surface area contributed by atoms with E-state index in [1.54, 1.807) is 11.1 Å². The third kappa shape index (κ3) is 2.46. The van der Waals surface area contributed by atoms with Gasteiger partial charge in [0.05, 0.1) is 5.60 Å².